The quantitative estimate of drug-likeness (QED) is 0.478. The van der Waals surface area contributed by atoms with Gasteiger partial charge in [0.1, 0.15) is 6.17 Å². The maximum absolute atomic E-state index is 13.3. The van der Waals surface area contributed by atoms with Crippen molar-refractivity contribution in [1.82, 2.24) is 0 Å². The van der Waals surface area contributed by atoms with Gasteiger partial charge in [0.15, 0.2) is 0 Å². The summed E-state index contributed by atoms with van der Waals surface area (Å²) in [4.78, 5) is 0. The van der Waals surface area contributed by atoms with Gasteiger partial charge in [-0.05, 0) is 60.3 Å². The molecule has 1 saturated carbocycles. The third-order valence-corrected chi connectivity index (χ3v) is 5.32. The highest BCUT2D eigenvalue weighted by Crippen LogP contribution is 2.34. The molecule has 1 fully saturated rings. The van der Waals surface area contributed by atoms with E-state index in [2.05, 4.69) is 67.6 Å². The zero-order chi connectivity index (χ0) is 17.5. The van der Waals surface area contributed by atoms with Crippen LogP contribution in [0.3, 0.4) is 0 Å². The fraction of sp³-hybridized carbons (Fsp3) is 0.417. The molecule has 1 heteroatoms. The summed E-state index contributed by atoms with van der Waals surface area (Å²) in [5, 5.41) is 0. The first kappa shape index (κ1) is 17.9. The smallest absolute Gasteiger partial charge is 0.100 e. The Morgan fingerprint density at radius 2 is 1.48 bits per heavy atom. The van der Waals surface area contributed by atoms with E-state index in [1.165, 1.54) is 35.1 Å². The summed E-state index contributed by atoms with van der Waals surface area (Å²) < 4.78 is 13.3. The summed E-state index contributed by atoms with van der Waals surface area (Å²) in [5.41, 5.74) is 5.14. The summed E-state index contributed by atoms with van der Waals surface area (Å²) in [6.45, 7) is 2.22. The molecule has 1 aliphatic carbocycles. The monoisotopic (exact) mass is 336 g/mol. The Morgan fingerprint density at radius 3 is 2.08 bits per heavy atom. The van der Waals surface area contributed by atoms with Crippen molar-refractivity contribution in [1.29, 1.82) is 0 Å². The predicted molar refractivity (Wildman–Crippen MR) is 107 cm³/mol. The third kappa shape index (κ3) is 5.04. The minimum absolute atomic E-state index is 0.539. The molecule has 2 aromatic carbocycles. The largest absolute Gasteiger partial charge is 0.247 e. The molecular formula is C24H29F. The molecule has 0 aromatic heterocycles. The highest BCUT2D eigenvalue weighted by Gasteiger charge is 2.21. The highest BCUT2D eigenvalue weighted by molar-refractivity contribution is 5.66. The van der Waals surface area contributed by atoms with Crippen LogP contribution >= 0.6 is 0 Å². The summed E-state index contributed by atoms with van der Waals surface area (Å²) in [6, 6.07) is 17.7. The second-order valence-corrected chi connectivity index (χ2v) is 7.24. The van der Waals surface area contributed by atoms with Gasteiger partial charge in [-0.2, -0.15) is 0 Å². The van der Waals surface area contributed by atoms with Gasteiger partial charge >= 0.3 is 0 Å². The molecule has 0 nitrogen and oxygen atoms in total. The van der Waals surface area contributed by atoms with Gasteiger partial charge in [0.25, 0.3) is 0 Å². The number of hydrogen-bond acceptors (Lipinski definition) is 0. The maximum Gasteiger partial charge on any atom is 0.100 e. The van der Waals surface area contributed by atoms with E-state index in [-0.39, 0.29) is 0 Å². The number of rotatable bonds is 6. The Kier molecular flexibility index (Phi) is 6.44. The van der Waals surface area contributed by atoms with Crippen molar-refractivity contribution in [3.05, 3.63) is 65.7 Å². The van der Waals surface area contributed by atoms with Gasteiger partial charge in [0, 0.05) is 0 Å². The second-order valence-electron chi connectivity index (χ2n) is 7.24. The van der Waals surface area contributed by atoms with Crippen LogP contribution in [0.4, 0.5) is 4.39 Å². The molecule has 0 heterocycles. The Bertz CT molecular complexity index is 658. The van der Waals surface area contributed by atoms with Crippen LogP contribution < -0.4 is 0 Å². The maximum atomic E-state index is 13.3. The van der Waals surface area contributed by atoms with Crippen LogP contribution in [-0.2, 0) is 0 Å². The number of benzene rings is 2. The van der Waals surface area contributed by atoms with Gasteiger partial charge in [0.05, 0.1) is 0 Å². The zero-order valence-electron chi connectivity index (χ0n) is 15.3. The van der Waals surface area contributed by atoms with Crippen molar-refractivity contribution in [2.24, 2.45) is 0 Å². The van der Waals surface area contributed by atoms with E-state index in [1.54, 1.807) is 0 Å². The van der Waals surface area contributed by atoms with Crippen molar-refractivity contribution in [3.8, 4) is 11.1 Å². The summed E-state index contributed by atoms with van der Waals surface area (Å²) in [7, 11) is 0. The van der Waals surface area contributed by atoms with E-state index >= 15 is 0 Å². The van der Waals surface area contributed by atoms with Gasteiger partial charge in [-0.25, -0.2) is 4.39 Å². The van der Waals surface area contributed by atoms with Crippen LogP contribution in [0.1, 0.15) is 68.9 Å². The van der Waals surface area contributed by atoms with Crippen LogP contribution in [0.2, 0.25) is 0 Å². The van der Waals surface area contributed by atoms with Crippen molar-refractivity contribution in [2.45, 2.75) is 64.0 Å². The standard InChI is InChI=1S/C24H29F/c1-2-3-4-5-6-19-7-9-20(10-8-19)21-11-13-22(14-12-21)23-15-17-24(25)18-16-23/h5-14,23-24H,2-4,15-18H2,1H3. The van der Waals surface area contributed by atoms with Crippen molar-refractivity contribution in [2.75, 3.05) is 0 Å². The van der Waals surface area contributed by atoms with Gasteiger partial charge in [-0.1, -0.05) is 80.4 Å². The lowest BCUT2D eigenvalue weighted by atomic mass is 9.83. The first-order chi connectivity index (χ1) is 12.3. The normalized spacial score (nSPS) is 20.9. The molecule has 0 bridgehead atoms. The van der Waals surface area contributed by atoms with Gasteiger partial charge in [-0.3, -0.25) is 0 Å². The van der Waals surface area contributed by atoms with E-state index in [4.69, 9.17) is 0 Å². The molecule has 2 aromatic rings. The molecule has 0 unspecified atom stereocenters. The fourth-order valence-electron chi connectivity index (χ4n) is 3.66. The average molecular weight is 336 g/mol. The Morgan fingerprint density at radius 1 is 0.880 bits per heavy atom. The van der Waals surface area contributed by atoms with Gasteiger partial charge in [0.2, 0.25) is 0 Å². The minimum Gasteiger partial charge on any atom is -0.247 e. The van der Waals surface area contributed by atoms with Crippen molar-refractivity contribution >= 4 is 6.08 Å². The molecule has 0 saturated heterocycles. The van der Waals surface area contributed by atoms with Crippen LogP contribution in [0.25, 0.3) is 17.2 Å². The van der Waals surface area contributed by atoms with E-state index in [1.807, 2.05) is 0 Å². The molecule has 0 spiro atoms. The van der Waals surface area contributed by atoms with Crippen LogP contribution in [0, 0.1) is 0 Å². The van der Waals surface area contributed by atoms with E-state index in [0.29, 0.717) is 5.92 Å². The summed E-state index contributed by atoms with van der Waals surface area (Å²) >= 11 is 0. The average Bonchev–Trinajstić information content (AvgIpc) is 2.67. The lowest BCUT2D eigenvalue weighted by Gasteiger charge is -2.24. The molecule has 0 radical (unpaired) electrons. The fourth-order valence-corrected chi connectivity index (χ4v) is 3.66. The van der Waals surface area contributed by atoms with E-state index in [0.717, 1.165) is 32.1 Å². The number of unbranched alkanes of at least 4 members (excludes halogenated alkanes) is 2. The molecule has 25 heavy (non-hydrogen) atoms. The Balaban J connectivity index is 1.63. The first-order valence-electron chi connectivity index (χ1n) is 9.77. The Labute approximate surface area is 151 Å². The second kappa shape index (κ2) is 8.99. The Hall–Kier alpha value is -1.89. The number of hydrogen-bond donors (Lipinski definition) is 0. The van der Waals surface area contributed by atoms with Gasteiger partial charge < -0.3 is 0 Å². The first-order valence-corrected chi connectivity index (χ1v) is 9.77. The number of allylic oxidation sites excluding steroid dienone is 1. The molecule has 0 amide bonds. The lowest BCUT2D eigenvalue weighted by Crippen LogP contribution is -2.13. The van der Waals surface area contributed by atoms with Gasteiger partial charge in [-0.15, -0.1) is 0 Å². The SMILES string of the molecule is CCCCC=Cc1ccc(-c2ccc(C3CCC(F)CC3)cc2)cc1. The molecule has 0 atom stereocenters. The number of alkyl halides is 1. The van der Waals surface area contributed by atoms with Crippen molar-refractivity contribution < 1.29 is 4.39 Å². The zero-order valence-corrected chi connectivity index (χ0v) is 15.3. The molecule has 132 valence electrons. The minimum atomic E-state index is -0.579. The molecule has 1 aliphatic rings. The third-order valence-electron chi connectivity index (χ3n) is 5.32. The lowest BCUT2D eigenvalue weighted by molar-refractivity contribution is 0.235. The molecular weight excluding hydrogens is 307 g/mol. The molecule has 0 aliphatic heterocycles. The van der Waals surface area contributed by atoms with Crippen LogP contribution in [0.15, 0.2) is 54.6 Å². The van der Waals surface area contributed by atoms with Crippen LogP contribution in [0.5, 0.6) is 0 Å². The predicted octanol–water partition coefficient (Wildman–Crippen LogP) is 7.55. The van der Waals surface area contributed by atoms with Crippen molar-refractivity contribution in [3.63, 3.8) is 0 Å². The van der Waals surface area contributed by atoms with Crippen LogP contribution in [-0.4, -0.2) is 6.17 Å². The topological polar surface area (TPSA) is 0 Å². The summed E-state index contributed by atoms with van der Waals surface area (Å²) in [5.74, 6) is 0.539. The molecule has 3 rings (SSSR count). The number of halogens is 1. The molecule has 0 N–H and O–H groups in total. The van der Waals surface area contributed by atoms with E-state index < -0.39 is 6.17 Å². The van der Waals surface area contributed by atoms with E-state index in [9.17, 15) is 4.39 Å². The summed E-state index contributed by atoms with van der Waals surface area (Å²) in [6.07, 6.45) is 11.0. The highest BCUT2D eigenvalue weighted by atomic mass is 19.1.